The average Bonchev–Trinajstić information content (AvgIpc) is 2.19. The van der Waals surface area contributed by atoms with Crippen molar-refractivity contribution in [2.24, 2.45) is 0 Å². The van der Waals surface area contributed by atoms with Crippen LogP contribution in [0.1, 0.15) is 16.9 Å². The second-order valence-electron chi connectivity index (χ2n) is 2.42. The Morgan fingerprint density at radius 2 is 2.38 bits per heavy atom. The zero-order chi connectivity index (χ0) is 9.52. The predicted molar refractivity (Wildman–Crippen MR) is 46.1 cm³/mol. The minimum absolute atomic E-state index is 0.0702. The first-order valence-corrected chi connectivity index (χ1v) is 3.99. The van der Waals surface area contributed by atoms with E-state index in [2.05, 4.69) is 15.3 Å². The van der Waals surface area contributed by atoms with E-state index in [1.807, 2.05) is 0 Å². The number of carbonyl (C=O) groups is 1. The molecular formula is C8H11N3O2. The van der Waals surface area contributed by atoms with Crippen LogP contribution in [0, 0.1) is 0 Å². The number of nitrogens with zero attached hydrogens (tertiary/aromatic N) is 2. The van der Waals surface area contributed by atoms with Crippen LogP contribution in [0.25, 0.3) is 0 Å². The summed E-state index contributed by atoms with van der Waals surface area (Å²) in [6.07, 6.45) is 4.91. The van der Waals surface area contributed by atoms with E-state index >= 15 is 0 Å². The maximum Gasteiger partial charge on any atom is 0.271 e. The number of rotatable bonds is 4. The summed E-state index contributed by atoms with van der Waals surface area (Å²) in [5.41, 5.74) is 0.292. The fourth-order valence-electron chi connectivity index (χ4n) is 0.788. The van der Waals surface area contributed by atoms with Crippen LogP contribution in [0.5, 0.6) is 0 Å². The van der Waals surface area contributed by atoms with Gasteiger partial charge in [-0.15, -0.1) is 0 Å². The predicted octanol–water partition coefficient (Wildman–Crippen LogP) is -0.411. The van der Waals surface area contributed by atoms with E-state index in [1.165, 1.54) is 18.6 Å². The van der Waals surface area contributed by atoms with E-state index in [4.69, 9.17) is 5.11 Å². The summed E-state index contributed by atoms with van der Waals surface area (Å²) in [5.74, 6) is -0.262. The molecule has 2 N–H and O–H groups in total. The summed E-state index contributed by atoms with van der Waals surface area (Å²) in [5, 5.41) is 11.1. The Hall–Kier alpha value is -1.49. The molecule has 0 aromatic carbocycles. The van der Waals surface area contributed by atoms with Crippen LogP contribution in [0.4, 0.5) is 0 Å². The van der Waals surface area contributed by atoms with Crippen molar-refractivity contribution < 1.29 is 9.90 Å². The summed E-state index contributed by atoms with van der Waals surface area (Å²) < 4.78 is 0. The van der Waals surface area contributed by atoms with Gasteiger partial charge in [0.05, 0.1) is 6.20 Å². The smallest absolute Gasteiger partial charge is 0.271 e. The van der Waals surface area contributed by atoms with Crippen LogP contribution in [-0.4, -0.2) is 34.1 Å². The maximum absolute atomic E-state index is 11.2. The van der Waals surface area contributed by atoms with Crippen LogP contribution >= 0.6 is 0 Å². The number of amides is 1. The van der Waals surface area contributed by atoms with Crippen molar-refractivity contribution in [3.05, 3.63) is 24.3 Å². The van der Waals surface area contributed by atoms with E-state index < -0.39 is 0 Å². The van der Waals surface area contributed by atoms with Crippen molar-refractivity contribution in [3.8, 4) is 0 Å². The summed E-state index contributed by atoms with van der Waals surface area (Å²) in [7, 11) is 0. The number of aromatic nitrogens is 2. The van der Waals surface area contributed by atoms with E-state index in [9.17, 15) is 4.79 Å². The molecule has 5 heteroatoms. The highest BCUT2D eigenvalue weighted by molar-refractivity contribution is 5.91. The van der Waals surface area contributed by atoms with E-state index in [0.717, 1.165) is 0 Å². The number of carbonyl (C=O) groups excluding carboxylic acids is 1. The monoisotopic (exact) mass is 181 g/mol. The van der Waals surface area contributed by atoms with Crippen molar-refractivity contribution in [1.82, 2.24) is 15.3 Å². The van der Waals surface area contributed by atoms with Gasteiger partial charge in [0.15, 0.2) is 0 Å². The maximum atomic E-state index is 11.2. The van der Waals surface area contributed by atoms with Crippen molar-refractivity contribution in [2.75, 3.05) is 13.2 Å². The summed E-state index contributed by atoms with van der Waals surface area (Å²) >= 11 is 0. The molecule has 0 unspecified atom stereocenters. The molecule has 1 aromatic heterocycles. The SMILES string of the molecule is O=C(NCCCO)c1cnccn1. The number of aliphatic hydroxyl groups is 1. The number of hydrogen-bond donors (Lipinski definition) is 2. The molecule has 0 spiro atoms. The first-order valence-electron chi connectivity index (χ1n) is 3.99. The summed E-state index contributed by atoms with van der Waals surface area (Å²) in [4.78, 5) is 18.8. The molecule has 5 nitrogen and oxygen atoms in total. The third-order valence-corrected chi connectivity index (χ3v) is 1.42. The normalized spacial score (nSPS) is 9.62. The zero-order valence-corrected chi connectivity index (χ0v) is 7.10. The van der Waals surface area contributed by atoms with Crippen LogP contribution < -0.4 is 5.32 Å². The van der Waals surface area contributed by atoms with Crippen LogP contribution in [0.2, 0.25) is 0 Å². The van der Waals surface area contributed by atoms with Gasteiger partial charge in [-0.1, -0.05) is 0 Å². The molecule has 0 saturated heterocycles. The van der Waals surface area contributed by atoms with Crippen LogP contribution in [0.3, 0.4) is 0 Å². The molecule has 1 amide bonds. The zero-order valence-electron chi connectivity index (χ0n) is 7.10. The first-order chi connectivity index (χ1) is 6.34. The standard InChI is InChI=1S/C8H11N3O2/c12-5-1-2-11-8(13)7-6-9-3-4-10-7/h3-4,6,12H,1-2,5H2,(H,11,13). The van der Waals surface area contributed by atoms with Crippen molar-refractivity contribution >= 4 is 5.91 Å². The molecule has 1 aromatic rings. The van der Waals surface area contributed by atoms with Gasteiger partial charge in [0.1, 0.15) is 5.69 Å². The quantitative estimate of drug-likeness (QED) is 0.619. The first kappa shape index (κ1) is 9.60. The van der Waals surface area contributed by atoms with E-state index in [-0.39, 0.29) is 12.5 Å². The number of nitrogens with one attached hydrogen (secondary N) is 1. The Bertz CT molecular complexity index is 263. The van der Waals surface area contributed by atoms with Gasteiger partial charge in [0.2, 0.25) is 0 Å². The Morgan fingerprint density at radius 1 is 1.54 bits per heavy atom. The van der Waals surface area contributed by atoms with Gasteiger partial charge in [-0.05, 0) is 6.42 Å². The molecular weight excluding hydrogens is 170 g/mol. The van der Waals surface area contributed by atoms with Crippen molar-refractivity contribution in [3.63, 3.8) is 0 Å². The second kappa shape index (κ2) is 5.21. The van der Waals surface area contributed by atoms with Gasteiger partial charge in [-0.3, -0.25) is 9.78 Å². The van der Waals surface area contributed by atoms with Crippen LogP contribution in [0.15, 0.2) is 18.6 Å². The Morgan fingerprint density at radius 3 is 3.00 bits per heavy atom. The molecule has 0 fully saturated rings. The minimum Gasteiger partial charge on any atom is -0.396 e. The molecule has 13 heavy (non-hydrogen) atoms. The van der Waals surface area contributed by atoms with Gasteiger partial charge in [0.25, 0.3) is 5.91 Å². The largest absolute Gasteiger partial charge is 0.396 e. The topological polar surface area (TPSA) is 75.1 Å². The summed E-state index contributed by atoms with van der Waals surface area (Å²) in [6.45, 7) is 0.520. The second-order valence-corrected chi connectivity index (χ2v) is 2.42. The number of aliphatic hydroxyl groups excluding tert-OH is 1. The van der Waals surface area contributed by atoms with Gasteiger partial charge in [-0.2, -0.15) is 0 Å². The highest BCUT2D eigenvalue weighted by atomic mass is 16.3. The lowest BCUT2D eigenvalue weighted by atomic mass is 10.4. The molecule has 0 aliphatic carbocycles. The van der Waals surface area contributed by atoms with E-state index in [0.29, 0.717) is 18.7 Å². The molecule has 0 atom stereocenters. The van der Waals surface area contributed by atoms with E-state index in [1.54, 1.807) is 0 Å². The molecule has 70 valence electrons. The lowest BCUT2D eigenvalue weighted by Crippen LogP contribution is -2.25. The lowest BCUT2D eigenvalue weighted by molar-refractivity contribution is 0.0946. The fraction of sp³-hybridized carbons (Fsp3) is 0.375. The van der Waals surface area contributed by atoms with Gasteiger partial charge in [0, 0.05) is 25.5 Å². The van der Waals surface area contributed by atoms with Crippen molar-refractivity contribution in [2.45, 2.75) is 6.42 Å². The number of hydrogen-bond acceptors (Lipinski definition) is 4. The van der Waals surface area contributed by atoms with Crippen molar-refractivity contribution in [1.29, 1.82) is 0 Å². The summed E-state index contributed by atoms with van der Waals surface area (Å²) in [6, 6.07) is 0. The fourth-order valence-corrected chi connectivity index (χ4v) is 0.788. The Kier molecular flexibility index (Phi) is 3.84. The molecule has 0 radical (unpaired) electrons. The Labute approximate surface area is 75.8 Å². The molecule has 0 bridgehead atoms. The third-order valence-electron chi connectivity index (χ3n) is 1.42. The molecule has 1 heterocycles. The molecule has 0 aliphatic heterocycles. The Balaban J connectivity index is 2.40. The van der Waals surface area contributed by atoms with Gasteiger partial charge in [-0.25, -0.2) is 4.98 Å². The molecule has 0 aliphatic rings. The van der Waals surface area contributed by atoms with Gasteiger partial charge >= 0.3 is 0 Å². The van der Waals surface area contributed by atoms with Crippen LogP contribution in [-0.2, 0) is 0 Å². The minimum atomic E-state index is -0.262. The lowest BCUT2D eigenvalue weighted by Gasteiger charge is -2.01. The third kappa shape index (κ3) is 3.16. The molecule has 0 saturated carbocycles. The van der Waals surface area contributed by atoms with Gasteiger partial charge < -0.3 is 10.4 Å². The highest BCUT2D eigenvalue weighted by Crippen LogP contribution is 1.89. The molecule has 1 rings (SSSR count). The average molecular weight is 181 g/mol. The highest BCUT2D eigenvalue weighted by Gasteiger charge is 2.04.